The van der Waals surface area contributed by atoms with Crippen molar-refractivity contribution in [3.8, 4) is 17.0 Å². The molecule has 0 spiro atoms. The predicted molar refractivity (Wildman–Crippen MR) is 184 cm³/mol. The number of nitrogens with zero attached hydrogens (tertiary/aromatic N) is 5. The number of aliphatic carboxylic acids is 1. The van der Waals surface area contributed by atoms with Crippen molar-refractivity contribution in [1.82, 2.24) is 19.9 Å². The van der Waals surface area contributed by atoms with Crippen molar-refractivity contribution < 1.29 is 33.4 Å². The van der Waals surface area contributed by atoms with Crippen LogP contribution >= 0.6 is 0 Å². The summed E-state index contributed by atoms with van der Waals surface area (Å²) >= 11 is 0. The standard InChI is InChI=1S/C38H47N5O7/c1-23-33(48-2)14-13-31(40-23)26-5-3-24(4-6-26)21-43(34-18-29(15-16-39-34)32-22-49-36(41-32)27-7-8-27)37(46)28-9-11-30(12-10-28)50-38(47)42-19-25(20-42)17-35(44)45/h13-16,18,22,24-28,30H,3-12,17,19-21H2,1-2H3,(H,44,45). The minimum Gasteiger partial charge on any atom is -0.495 e. The summed E-state index contributed by atoms with van der Waals surface area (Å²) in [6.45, 7) is 3.39. The first kappa shape index (κ1) is 34.0. The fraction of sp³-hybridized carbons (Fsp3) is 0.579. The van der Waals surface area contributed by atoms with Gasteiger partial charge in [-0.15, -0.1) is 0 Å². The highest BCUT2D eigenvalue weighted by Crippen LogP contribution is 2.41. The number of pyridine rings is 2. The highest BCUT2D eigenvalue weighted by Gasteiger charge is 2.37. The van der Waals surface area contributed by atoms with E-state index < -0.39 is 12.1 Å². The Hall–Kier alpha value is -4.48. The smallest absolute Gasteiger partial charge is 0.410 e. The topological polar surface area (TPSA) is 148 Å². The van der Waals surface area contributed by atoms with Crippen molar-refractivity contribution in [3.63, 3.8) is 0 Å². The molecule has 3 aromatic heterocycles. The van der Waals surface area contributed by atoms with Crippen molar-refractivity contribution in [3.05, 3.63) is 54.0 Å². The first-order chi connectivity index (χ1) is 24.2. The van der Waals surface area contributed by atoms with Crippen molar-refractivity contribution in [2.24, 2.45) is 17.8 Å². The van der Waals surface area contributed by atoms with Crippen molar-refractivity contribution in [1.29, 1.82) is 0 Å². The molecule has 1 saturated heterocycles. The molecule has 1 N–H and O–H groups in total. The maximum atomic E-state index is 14.4. The third-order valence-corrected chi connectivity index (χ3v) is 11.0. The number of carbonyl (C=O) groups is 3. The Balaban J connectivity index is 1.01. The van der Waals surface area contributed by atoms with E-state index in [0.29, 0.717) is 68.9 Å². The number of ether oxygens (including phenoxy) is 2. The Morgan fingerprint density at radius 1 is 0.940 bits per heavy atom. The molecule has 4 heterocycles. The van der Waals surface area contributed by atoms with E-state index >= 15 is 0 Å². The summed E-state index contributed by atoms with van der Waals surface area (Å²) in [5.74, 6) is 2.31. The molecule has 3 saturated carbocycles. The number of hydrogen-bond acceptors (Lipinski definition) is 9. The number of anilines is 1. The van der Waals surface area contributed by atoms with E-state index in [2.05, 4.69) is 6.07 Å². The summed E-state index contributed by atoms with van der Waals surface area (Å²) in [6, 6.07) is 7.95. The molecule has 7 rings (SSSR count). The molecule has 3 aromatic rings. The molecule has 1 aliphatic heterocycles. The quantitative estimate of drug-likeness (QED) is 0.230. The number of hydrogen-bond donors (Lipinski definition) is 1. The van der Waals surface area contributed by atoms with Gasteiger partial charge in [0.05, 0.1) is 19.2 Å². The van der Waals surface area contributed by atoms with E-state index in [-0.39, 0.29) is 30.3 Å². The number of rotatable bonds is 11. The van der Waals surface area contributed by atoms with Crippen LogP contribution in [-0.2, 0) is 14.3 Å². The monoisotopic (exact) mass is 685 g/mol. The average molecular weight is 686 g/mol. The Kier molecular flexibility index (Phi) is 10.1. The van der Waals surface area contributed by atoms with E-state index in [1.165, 1.54) is 0 Å². The molecule has 4 fully saturated rings. The lowest BCUT2D eigenvalue weighted by Gasteiger charge is -2.39. The van der Waals surface area contributed by atoms with Gasteiger partial charge in [-0.05, 0) is 101 Å². The van der Waals surface area contributed by atoms with Crippen LogP contribution in [0, 0.1) is 24.7 Å². The largest absolute Gasteiger partial charge is 0.495 e. The summed E-state index contributed by atoms with van der Waals surface area (Å²) in [4.78, 5) is 55.7. The average Bonchev–Trinajstić information content (AvgIpc) is 3.84. The highest BCUT2D eigenvalue weighted by atomic mass is 16.6. The zero-order chi connectivity index (χ0) is 34.8. The molecule has 12 heteroatoms. The number of carbonyl (C=O) groups excluding carboxylic acids is 2. The van der Waals surface area contributed by atoms with E-state index in [0.717, 1.165) is 72.8 Å². The molecule has 12 nitrogen and oxygen atoms in total. The summed E-state index contributed by atoms with van der Waals surface area (Å²) in [6.07, 6.45) is 11.5. The van der Waals surface area contributed by atoms with Crippen molar-refractivity contribution >= 4 is 23.8 Å². The second-order valence-electron chi connectivity index (χ2n) is 14.7. The van der Waals surface area contributed by atoms with Gasteiger partial charge in [-0.3, -0.25) is 19.5 Å². The molecule has 0 atom stereocenters. The SMILES string of the molecule is COc1ccc(C2CCC(CN(C(=O)C3CCC(OC(=O)N4CC(CC(=O)O)C4)CC3)c3cc(-c4coc(C5CC5)n4)ccn3)CC2)nc1C. The van der Waals surface area contributed by atoms with Gasteiger partial charge >= 0.3 is 12.1 Å². The summed E-state index contributed by atoms with van der Waals surface area (Å²) in [5, 5.41) is 8.99. The van der Waals surface area contributed by atoms with Crippen molar-refractivity contribution in [2.75, 3.05) is 31.6 Å². The number of aromatic nitrogens is 3. The molecular formula is C38H47N5O7. The van der Waals surface area contributed by atoms with Crippen LogP contribution in [-0.4, -0.2) is 75.8 Å². The lowest BCUT2D eigenvalue weighted by molar-refractivity contribution is -0.139. The summed E-state index contributed by atoms with van der Waals surface area (Å²) < 4.78 is 17.0. The number of carboxylic acids is 1. The number of methoxy groups -OCH3 is 1. The number of oxazole rings is 1. The van der Waals surface area contributed by atoms with E-state index in [9.17, 15) is 14.4 Å². The Morgan fingerprint density at radius 3 is 2.36 bits per heavy atom. The van der Waals surface area contributed by atoms with E-state index in [1.54, 1.807) is 24.5 Å². The molecule has 0 unspecified atom stereocenters. The molecule has 0 bridgehead atoms. The molecule has 0 aromatic carbocycles. The van der Waals surface area contributed by atoms with E-state index in [1.807, 2.05) is 30.0 Å². The van der Waals surface area contributed by atoms with Crippen LogP contribution < -0.4 is 9.64 Å². The molecule has 3 aliphatic carbocycles. The van der Waals surface area contributed by atoms with Crippen LogP contribution in [0.2, 0.25) is 0 Å². The van der Waals surface area contributed by atoms with Gasteiger partial charge in [0.1, 0.15) is 29.6 Å². The first-order valence-electron chi connectivity index (χ1n) is 18.2. The van der Waals surface area contributed by atoms with Gasteiger partial charge in [0.25, 0.3) is 0 Å². The maximum absolute atomic E-state index is 14.4. The van der Waals surface area contributed by atoms with Crippen molar-refractivity contribution in [2.45, 2.75) is 95.5 Å². The third-order valence-electron chi connectivity index (χ3n) is 11.0. The zero-order valence-corrected chi connectivity index (χ0v) is 29.0. The van der Waals surface area contributed by atoms with Crippen LogP contribution in [0.15, 0.2) is 41.1 Å². The number of amides is 2. The molecule has 266 valence electrons. The lowest BCUT2D eigenvalue weighted by Crippen LogP contribution is -2.51. The summed E-state index contributed by atoms with van der Waals surface area (Å²) in [7, 11) is 1.67. The van der Waals surface area contributed by atoms with Gasteiger partial charge in [-0.1, -0.05) is 0 Å². The van der Waals surface area contributed by atoms with Gasteiger partial charge in [0, 0.05) is 60.8 Å². The molecule has 0 radical (unpaired) electrons. The second-order valence-corrected chi connectivity index (χ2v) is 14.7. The van der Waals surface area contributed by atoms with Gasteiger partial charge in [-0.25, -0.2) is 14.8 Å². The molecule has 4 aliphatic rings. The Bertz CT molecular complexity index is 1680. The van der Waals surface area contributed by atoms with Gasteiger partial charge in [0.2, 0.25) is 5.91 Å². The number of likely N-dealkylation sites (tertiary alicyclic amines) is 1. The number of carboxylic acid groups (broad SMARTS) is 1. The van der Waals surface area contributed by atoms with Gasteiger partial charge in [0.15, 0.2) is 5.89 Å². The normalized spacial score (nSPS) is 23.9. The molecular weight excluding hydrogens is 638 g/mol. The van der Waals surface area contributed by atoms with Gasteiger partial charge < -0.3 is 23.9 Å². The van der Waals surface area contributed by atoms with Crippen LogP contribution in [0.1, 0.15) is 99.7 Å². The fourth-order valence-electron chi connectivity index (χ4n) is 7.83. The summed E-state index contributed by atoms with van der Waals surface area (Å²) in [5.41, 5.74) is 3.64. The Morgan fingerprint density at radius 2 is 1.68 bits per heavy atom. The third kappa shape index (κ3) is 7.79. The van der Waals surface area contributed by atoms with Crippen LogP contribution in [0.4, 0.5) is 10.6 Å². The minimum atomic E-state index is -0.851. The lowest BCUT2D eigenvalue weighted by atomic mass is 9.79. The van der Waals surface area contributed by atoms with Crippen LogP contribution in [0.25, 0.3) is 11.3 Å². The highest BCUT2D eigenvalue weighted by molar-refractivity contribution is 5.94. The van der Waals surface area contributed by atoms with Gasteiger partial charge in [-0.2, -0.15) is 0 Å². The predicted octanol–water partition coefficient (Wildman–Crippen LogP) is 6.73. The van der Waals surface area contributed by atoms with E-state index in [4.69, 9.17) is 33.9 Å². The molecule has 2 amide bonds. The zero-order valence-electron chi connectivity index (χ0n) is 29.0. The molecule has 50 heavy (non-hydrogen) atoms. The second kappa shape index (κ2) is 14.8. The Labute approximate surface area is 292 Å². The number of aryl methyl sites for hydroxylation is 1. The maximum Gasteiger partial charge on any atom is 0.410 e. The van der Waals surface area contributed by atoms with Crippen LogP contribution in [0.3, 0.4) is 0 Å². The minimum absolute atomic E-state index is 0.0191. The fourth-order valence-corrected chi connectivity index (χ4v) is 7.83. The first-order valence-corrected chi connectivity index (χ1v) is 18.2. The van der Waals surface area contributed by atoms with Crippen LogP contribution in [0.5, 0.6) is 5.75 Å².